The van der Waals surface area contributed by atoms with Crippen molar-refractivity contribution in [3.05, 3.63) is 57.0 Å². The number of benzene rings is 1. The van der Waals surface area contributed by atoms with Crippen LogP contribution in [-0.4, -0.2) is 29.1 Å². The number of aryl methyl sites for hydroxylation is 2. The number of nitrogens with zero attached hydrogens (tertiary/aromatic N) is 2. The summed E-state index contributed by atoms with van der Waals surface area (Å²) in [7, 11) is 3.28. The van der Waals surface area contributed by atoms with Crippen LogP contribution in [0.3, 0.4) is 0 Å². The third kappa shape index (κ3) is 3.28. The van der Waals surface area contributed by atoms with Crippen LogP contribution in [0.1, 0.15) is 20.8 Å². The molecule has 2 aromatic heterocycles. The van der Waals surface area contributed by atoms with Crippen molar-refractivity contribution in [3.8, 4) is 5.75 Å². The summed E-state index contributed by atoms with van der Waals surface area (Å²) in [4.78, 5) is 30.1. The first-order chi connectivity index (χ1) is 12.0. The molecule has 0 saturated carbocycles. The fourth-order valence-corrected chi connectivity index (χ4v) is 3.78. The smallest absolute Gasteiger partial charge is 0.262 e. The molecule has 1 aromatic carbocycles. The lowest BCUT2D eigenvalue weighted by Crippen LogP contribution is -2.25. The Bertz CT molecular complexity index is 991. The summed E-state index contributed by atoms with van der Waals surface area (Å²) in [6.45, 7) is 2.27. The van der Waals surface area contributed by atoms with E-state index in [1.54, 1.807) is 21.1 Å². The molecule has 130 valence electrons. The zero-order valence-corrected chi connectivity index (χ0v) is 15.1. The van der Waals surface area contributed by atoms with Crippen molar-refractivity contribution in [2.75, 3.05) is 13.7 Å². The number of nitrogens with one attached hydrogen (secondary N) is 1. The summed E-state index contributed by atoms with van der Waals surface area (Å²) in [5, 5.41) is 3.43. The van der Waals surface area contributed by atoms with E-state index in [0.717, 1.165) is 11.3 Å². The van der Waals surface area contributed by atoms with Crippen LogP contribution in [0.25, 0.3) is 10.2 Å². The van der Waals surface area contributed by atoms with Gasteiger partial charge in [0.15, 0.2) is 0 Å². The van der Waals surface area contributed by atoms with Gasteiger partial charge in [-0.25, -0.2) is 4.98 Å². The fraction of sp³-hybridized carbons (Fsp3) is 0.278. The van der Waals surface area contributed by atoms with E-state index in [0.29, 0.717) is 33.6 Å². The lowest BCUT2D eigenvalue weighted by Gasteiger charge is -2.08. The van der Waals surface area contributed by atoms with E-state index in [-0.39, 0.29) is 11.5 Å². The summed E-state index contributed by atoms with van der Waals surface area (Å²) in [6.07, 6.45) is 2.14. The van der Waals surface area contributed by atoms with Crippen molar-refractivity contribution < 1.29 is 9.53 Å². The van der Waals surface area contributed by atoms with Crippen LogP contribution in [0.4, 0.5) is 0 Å². The Balaban J connectivity index is 1.76. The molecule has 3 rings (SSSR count). The molecule has 0 atom stereocenters. The van der Waals surface area contributed by atoms with Crippen molar-refractivity contribution in [1.29, 1.82) is 0 Å². The molecular formula is C18H19N3O3S. The Labute approximate surface area is 149 Å². The van der Waals surface area contributed by atoms with Crippen LogP contribution in [0.2, 0.25) is 0 Å². The summed E-state index contributed by atoms with van der Waals surface area (Å²) in [5.41, 5.74) is 1.59. The molecule has 0 aliphatic heterocycles. The minimum atomic E-state index is -0.183. The Morgan fingerprint density at radius 2 is 2.12 bits per heavy atom. The molecule has 6 nitrogen and oxygen atoms in total. The summed E-state index contributed by atoms with van der Waals surface area (Å²) >= 11 is 1.25. The van der Waals surface area contributed by atoms with Gasteiger partial charge < -0.3 is 14.6 Å². The molecule has 1 amide bonds. The van der Waals surface area contributed by atoms with E-state index < -0.39 is 0 Å². The van der Waals surface area contributed by atoms with E-state index >= 15 is 0 Å². The van der Waals surface area contributed by atoms with Gasteiger partial charge in [0.25, 0.3) is 11.5 Å². The highest BCUT2D eigenvalue weighted by Crippen LogP contribution is 2.26. The molecule has 0 spiro atoms. The topological polar surface area (TPSA) is 73.2 Å². The number of methoxy groups -OCH3 is 1. The zero-order valence-electron chi connectivity index (χ0n) is 14.3. The number of aromatic nitrogens is 2. The van der Waals surface area contributed by atoms with E-state index in [1.807, 2.05) is 24.3 Å². The molecule has 2 heterocycles. The number of amides is 1. The second-order valence-electron chi connectivity index (χ2n) is 5.71. The number of hydrogen-bond acceptors (Lipinski definition) is 5. The molecular weight excluding hydrogens is 338 g/mol. The molecule has 0 aliphatic carbocycles. The highest BCUT2D eigenvalue weighted by molar-refractivity contribution is 7.20. The molecule has 0 unspecified atom stereocenters. The molecule has 3 aromatic rings. The third-order valence-electron chi connectivity index (χ3n) is 4.09. The molecule has 0 fully saturated rings. The number of ether oxygens (including phenoxy) is 1. The Kier molecular flexibility index (Phi) is 4.85. The van der Waals surface area contributed by atoms with Gasteiger partial charge in [-0.05, 0) is 30.5 Å². The average molecular weight is 357 g/mol. The highest BCUT2D eigenvalue weighted by atomic mass is 32.1. The Morgan fingerprint density at radius 1 is 1.36 bits per heavy atom. The second kappa shape index (κ2) is 7.06. The predicted octanol–water partition coefficient (Wildman–Crippen LogP) is 2.28. The fourth-order valence-electron chi connectivity index (χ4n) is 2.73. The van der Waals surface area contributed by atoms with Crippen molar-refractivity contribution in [2.24, 2.45) is 7.05 Å². The average Bonchev–Trinajstić information content (AvgIpc) is 2.96. The number of fused-ring (bicyclic) bond motifs is 1. The van der Waals surface area contributed by atoms with Gasteiger partial charge in [-0.3, -0.25) is 9.59 Å². The quantitative estimate of drug-likeness (QED) is 0.760. The van der Waals surface area contributed by atoms with Crippen LogP contribution >= 0.6 is 11.3 Å². The van der Waals surface area contributed by atoms with Crippen LogP contribution < -0.4 is 15.6 Å². The maximum Gasteiger partial charge on any atom is 0.262 e. The maximum atomic E-state index is 12.5. The molecule has 25 heavy (non-hydrogen) atoms. The van der Waals surface area contributed by atoms with Gasteiger partial charge in [-0.1, -0.05) is 18.2 Å². The van der Waals surface area contributed by atoms with Crippen molar-refractivity contribution in [1.82, 2.24) is 14.9 Å². The number of thiophene rings is 1. The minimum absolute atomic E-state index is 0.133. The number of carbonyl (C=O) groups is 1. The van der Waals surface area contributed by atoms with Gasteiger partial charge >= 0.3 is 0 Å². The molecule has 0 bridgehead atoms. The van der Waals surface area contributed by atoms with E-state index in [1.165, 1.54) is 22.2 Å². The first kappa shape index (κ1) is 17.2. The van der Waals surface area contributed by atoms with Crippen LogP contribution in [0.15, 0.2) is 35.4 Å². The largest absolute Gasteiger partial charge is 0.496 e. The van der Waals surface area contributed by atoms with E-state index in [4.69, 9.17) is 4.74 Å². The van der Waals surface area contributed by atoms with Gasteiger partial charge in [0.1, 0.15) is 10.6 Å². The predicted molar refractivity (Wildman–Crippen MR) is 98.6 cm³/mol. The van der Waals surface area contributed by atoms with E-state index in [2.05, 4.69) is 10.3 Å². The first-order valence-electron chi connectivity index (χ1n) is 7.87. The van der Waals surface area contributed by atoms with Crippen molar-refractivity contribution >= 4 is 27.5 Å². The third-order valence-corrected chi connectivity index (χ3v) is 5.29. The van der Waals surface area contributed by atoms with Crippen molar-refractivity contribution in [2.45, 2.75) is 13.3 Å². The number of hydrogen-bond donors (Lipinski definition) is 1. The zero-order chi connectivity index (χ0) is 18.0. The first-order valence-corrected chi connectivity index (χ1v) is 8.69. The number of carbonyl (C=O) groups excluding carboxylic acids is 1. The molecule has 0 saturated heterocycles. The summed E-state index contributed by atoms with van der Waals surface area (Å²) < 4.78 is 6.74. The van der Waals surface area contributed by atoms with Gasteiger partial charge in [-0.2, -0.15) is 0 Å². The Hall–Kier alpha value is -2.67. The van der Waals surface area contributed by atoms with Crippen LogP contribution in [0.5, 0.6) is 5.75 Å². The molecule has 7 heteroatoms. The summed E-state index contributed by atoms with van der Waals surface area (Å²) in [5.74, 6) is 0.625. The lowest BCUT2D eigenvalue weighted by molar-refractivity contribution is 0.0957. The van der Waals surface area contributed by atoms with Gasteiger partial charge in [0.05, 0.1) is 23.7 Å². The minimum Gasteiger partial charge on any atom is -0.496 e. The SMILES string of the molecule is COc1ccccc1CCNC(=O)c1sc2ncn(C)c(=O)c2c1C. The molecule has 0 radical (unpaired) electrons. The second-order valence-corrected chi connectivity index (χ2v) is 6.71. The van der Waals surface area contributed by atoms with Crippen LogP contribution in [-0.2, 0) is 13.5 Å². The van der Waals surface area contributed by atoms with Crippen molar-refractivity contribution in [3.63, 3.8) is 0 Å². The van der Waals surface area contributed by atoms with E-state index in [9.17, 15) is 9.59 Å². The maximum absolute atomic E-state index is 12.5. The van der Waals surface area contributed by atoms with Crippen LogP contribution in [0, 0.1) is 6.92 Å². The lowest BCUT2D eigenvalue weighted by atomic mass is 10.1. The van der Waals surface area contributed by atoms with Gasteiger partial charge in [0, 0.05) is 13.6 Å². The number of rotatable bonds is 5. The highest BCUT2D eigenvalue weighted by Gasteiger charge is 2.18. The molecule has 1 N–H and O–H groups in total. The monoisotopic (exact) mass is 357 g/mol. The normalized spacial score (nSPS) is 10.8. The standard InChI is InChI=1S/C18H19N3O3S/c1-11-14-17(20-10-21(2)18(14)23)25-15(11)16(22)19-9-8-12-6-4-5-7-13(12)24-3/h4-7,10H,8-9H2,1-3H3,(H,19,22). The summed E-state index contributed by atoms with van der Waals surface area (Å²) in [6, 6.07) is 7.73. The number of para-hydroxylation sites is 1. The molecule has 0 aliphatic rings. The van der Waals surface area contributed by atoms with Gasteiger partial charge in [0.2, 0.25) is 0 Å². The Morgan fingerprint density at radius 3 is 2.88 bits per heavy atom. The van der Waals surface area contributed by atoms with Gasteiger partial charge in [-0.15, -0.1) is 11.3 Å².